The average Bonchev–Trinajstić information content (AvgIpc) is 3.36. The van der Waals surface area contributed by atoms with Crippen LogP contribution in [0.1, 0.15) is 23.7 Å². The van der Waals surface area contributed by atoms with Gasteiger partial charge in [-0.1, -0.05) is 35.0 Å². The summed E-state index contributed by atoms with van der Waals surface area (Å²) >= 11 is 6.23. The molecule has 1 saturated heterocycles. The Morgan fingerprint density at radius 1 is 1.17 bits per heavy atom. The second-order valence-electron chi connectivity index (χ2n) is 6.83. The molecule has 0 aliphatic carbocycles. The van der Waals surface area contributed by atoms with Crippen LogP contribution in [0, 0.1) is 0 Å². The van der Waals surface area contributed by atoms with Crippen molar-refractivity contribution < 1.29 is 18.8 Å². The van der Waals surface area contributed by atoms with Gasteiger partial charge in [0.05, 0.1) is 14.2 Å². The van der Waals surface area contributed by atoms with Gasteiger partial charge in [-0.2, -0.15) is 4.98 Å². The summed E-state index contributed by atoms with van der Waals surface area (Å²) < 4.78 is 16.0. The lowest BCUT2D eigenvalue weighted by molar-refractivity contribution is -0.128. The van der Waals surface area contributed by atoms with E-state index in [0.717, 1.165) is 5.56 Å². The van der Waals surface area contributed by atoms with Crippen molar-refractivity contribution in [3.8, 4) is 23.0 Å². The average molecular weight is 414 g/mol. The molecule has 0 bridgehead atoms. The number of hydrogen-bond acceptors (Lipinski definition) is 6. The van der Waals surface area contributed by atoms with Crippen LogP contribution in [0.4, 0.5) is 0 Å². The predicted molar refractivity (Wildman–Crippen MR) is 107 cm³/mol. The zero-order chi connectivity index (χ0) is 20.4. The third-order valence-electron chi connectivity index (χ3n) is 4.94. The monoisotopic (exact) mass is 413 g/mol. The normalized spacial score (nSPS) is 16.3. The fourth-order valence-electron chi connectivity index (χ4n) is 3.38. The topological polar surface area (TPSA) is 77.7 Å². The lowest BCUT2D eigenvalue weighted by atomic mass is 10.1. The van der Waals surface area contributed by atoms with Crippen molar-refractivity contribution in [3.05, 3.63) is 58.9 Å². The molecule has 1 amide bonds. The molecule has 8 heteroatoms. The summed E-state index contributed by atoms with van der Waals surface area (Å²) in [7, 11) is 3.16. The van der Waals surface area contributed by atoms with Crippen LogP contribution in [0.15, 0.2) is 47.0 Å². The van der Waals surface area contributed by atoms with E-state index in [1.807, 2.05) is 24.3 Å². The molecular formula is C21H20ClN3O4. The van der Waals surface area contributed by atoms with E-state index in [1.54, 1.807) is 37.3 Å². The summed E-state index contributed by atoms with van der Waals surface area (Å²) in [5, 5.41) is 4.76. The summed E-state index contributed by atoms with van der Waals surface area (Å²) in [6.07, 6.45) is 0.338. The third-order valence-corrected chi connectivity index (χ3v) is 5.31. The zero-order valence-corrected chi connectivity index (χ0v) is 16.8. The van der Waals surface area contributed by atoms with Crippen molar-refractivity contribution in [3.63, 3.8) is 0 Å². The highest BCUT2D eigenvalue weighted by Crippen LogP contribution is 2.32. The van der Waals surface area contributed by atoms with Crippen molar-refractivity contribution in [2.45, 2.75) is 18.9 Å². The SMILES string of the molecule is COc1cc(OC)cc(-c2nc(C3CC(=O)N(Cc4ccccc4Cl)C3)no2)c1. The fraction of sp³-hybridized carbons (Fsp3) is 0.286. The van der Waals surface area contributed by atoms with Crippen LogP contribution in [0.25, 0.3) is 11.5 Å². The standard InChI is InChI=1S/C21H20ClN3O4/c1-27-16-7-14(8-17(10-16)28-2)21-23-20(24-29-21)15-9-19(26)25(12-15)11-13-5-3-4-6-18(13)22/h3-8,10,15H,9,11-12H2,1-2H3. The second-order valence-corrected chi connectivity index (χ2v) is 7.23. The van der Waals surface area contributed by atoms with Gasteiger partial charge in [-0.3, -0.25) is 4.79 Å². The maximum Gasteiger partial charge on any atom is 0.258 e. The molecule has 1 atom stereocenters. The number of aromatic nitrogens is 2. The van der Waals surface area contributed by atoms with E-state index >= 15 is 0 Å². The molecule has 29 heavy (non-hydrogen) atoms. The Kier molecular flexibility index (Phi) is 5.40. The number of rotatable bonds is 6. The van der Waals surface area contributed by atoms with Gasteiger partial charge >= 0.3 is 0 Å². The van der Waals surface area contributed by atoms with Gasteiger partial charge in [0.25, 0.3) is 5.89 Å². The van der Waals surface area contributed by atoms with Crippen LogP contribution in [-0.2, 0) is 11.3 Å². The van der Waals surface area contributed by atoms with Gasteiger partial charge < -0.3 is 18.9 Å². The Morgan fingerprint density at radius 2 is 1.90 bits per heavy atom. The molecule has 1 aliphatic heterocycles. The van der Waals surface area contributed by atoms with E-state index in [1.165, 1.54) is 0 Å². The van der Waals surface area contributed by atoms with Crippen molar-refractivity contribution in [2.24, 2.45) is 0 Å². The number of halogens is 1. The first kappa shape index (κ1) is 19.3. The van der Waals surface area contributed by atoms with Crippen LogP contribution in [0.5, 0.6) is 11.5 Å². The van der Waals surface area contributed by atoms with Crippen molar-refractivity contribution >= 4 is 17.5 Å². The second kappa shape index (κ2) is 8.13. The van der Waals surface area contributed by atoms with Gasteiger partial charge in [0.2, 0.25) is 5.91 Å². The molecule has 4 rings (SSSR count). The number of nitrogens with zero attached hydrogens (tertiary/aromatic N) is 3. The van der Waals surface area contributed by atoms with Gasteiger partial charge in [-0.25, -0.2) is 0 Å². The predicted octanol–water partition coefficient (Wildman–Crippen LogP) is 3.92. The number of benzene rings is 2. The first-order valence-corrected chi connectivity index (χ1v) is 9.53. The van der Waals surface area contributed by atoms with Gasteiger partial charge in [0.15, 0.2) is 5.82 Å². The Balaban J connectivity index is 1.52. The maximum absolute atomic E-state index is 12.5. The molecule has 0 N–H and O–H groups in total. The van der Waals surface area contributed by atoms with Gasteiger partial charge in [0.1, 0.15) is 11.5 Å². The van der Waals surface area contributed by atoms with Crippen molar-refractivity contribution in [1.82, 2.24) is 15.0 Å². The molecule has 0 spiro atoms. The molecule has 150 valence electrons. The van der Waals surface area contributed by atoms with Gasteiger partial charge in [0, 0.05) is 42.1 Å². The van der Waals surface area contributed by atoms with Gasteiger partial charge in [-0.05, 0) is 23.8 Å². The number of methoxy groups -OCH3 is 2. The highest BCUT2D eigenvalue weighted by molar-refractivity contribution is 6.31. The van der Waals surface area contributed by atoms with Crippen molar-refractivity contribution in [2.75, 3.05) is 20.8 Å². The van der Waals surface area contributed by atoms with Crippen LogP contribution in [0.2, 0.25) is 5.02 Å². The van der Waals surface area contributed by atoms with Crippen LogP contribution < -0.4 is 9.47 Å². The van der Waals surface area contributed by atoms with E-state index in [4.69, 9.17) is 25.6 Å². The molecule has 1 aliphatic rings. The Labute approximate surface area is 173 Å². The van der Waals surface area contributed by atoms with Gasteiger partial charge in [-0.15, -0.1) is 0 Å². The molecule has 3 aromatic rings. The summed E-state index contributed by atoms with van der Waals surface area (Å²) in [5.41, 5.74) is 1.61. The lowest BCUT2D eigenvalue weighted by Crippen LogP contribution is -2.24. The smallest absolute Gasteiger partial charge is 0.258 e. The number of likely N-dealkylation sites (tertiary alicyclic amines) is 1. The highest BCUT2D eigenvalue weighted by atomic mass is 35.5. The van der Waals surface area contributed by atoms with Crippen LogP contribution in [0.3, 0.4) is 0 Å². The van der Waals surface area contributed by atoms with E-state index in [0.29, 0.717) is 53.3 Å². The Bertz CT molecular complexity index is 1010. The summed E-state index contributed by atoms with van der Waals surface area (Å²) in [6, 6.07) is 12.9. The molecule has 2 heterocycles. The molecular weight excluding hydrogens is 394 g/mol. The minimum Gasteiger partial charge on any atom is -0.497 e. The largest absolute Gasteiger partial charge is 0.497 e. The number of carbonyl (C=O) groups is 1. The summed E-state index contributed by atoms with van der Waals surface area (Å²) in [5.74, 6) is 2.03. The Morgan fingerprint density at radius 3 is 2.59 bits per heavy atom. The van der Waals surface area contributed by atoms with E-state index in [2.05, 4.69) is 10.1 Å². The van der Waals surface area contributed by atoms with E-state index < -0.39 is 0 Å². The summed E-state index contributed by atoms with van der Waals surface area (Å²) in [6.45, 7) is 0.983. The molecule has 0 saturated carbocycles. The van der Waals surface area contributed by atoms with E-state index in [-0.39, 0.29) is 11.8 Å². The zero-order valence-electron chi connectivity index (χ0n) is 16.1. The fourth-order valence-corrected chi connectivity index (χ4v) is 3.57. The number of hydrogen-bond donors (Lipinski definition) is 0. The summed E-state index contributed by atoms with van der Waals surface area (Å²) in [4.78, 5) is 18.8. The van der Waals surface area contributed by atoms with Crippen LogP contribution in [-0.4, -0.2) is 41.7 Å². The van der Waals surface area contributed by atoms with E-state index in [9.17, 15) is 4.79 Å². The first-order valence-electron chi connectivity index (χ1n) is 9.15. The molecule has 1 unspecified atom stereocenters. The first-order chi connectivity index (χ1) is 14.1. The molecule has 7 nitrogen and oxygen atoms in total. The number of amides is 1. The minimum absolute atomic E-state index is 0.0457. The maximum atomic E-state index is 12.5. The minimum atomic E-state index is -0.130. The molecule has 0 radical (unpaired) electrons. The van der Waals surface area contributed by atoms with Crippen molar-refractivity contribution in [1.29, 1.82) is 0 Å². The number of carbonyl (C=O) groups excluding carboxylic acids is 1. The third kappa shape index (κ3) is 4.05. The molecule has 1 fully saturated rings. The van der Waals surface area contributed by atoms with Crippen LogP contribution >= 0.6 is 11.6 Å². The highest BCUT2D eigenvalue weighted by Gasteiger charge is 2.34. The molecule has 2 aromatic carbocycles. The lowest BCUT2D eigenvalue weighted by Gasteiger charge is -2.16. The number of ether oxygens (including phenoxy) is 2. The molecule has 1 aromatic heterocycles. The Hall–Kier alpha value is -3.06. The quantitative estimate of drug-likeness (QED) is 0.609.